The molecule has 0 amide bonds. The largest absolute Gasteiger partial charge is 0.381 e. The van der Waals surface area contributed by atoms with Crippen molar-refractivity contribution in [2.45, 2.75) is 32.7 Å². The van der Waals surface area contributed by atoms with E-state index < -0.39 is 0 Å². The van der Waals surface area contributed by atoms with E-state index in [0.717, 1.165) is 50.3 Å². The molecule has 112 valence electrons. The second kappa shape index (κ2) is 8.21. The Labute approximate surface area is 124 Å². The minimum Gasteiger partial charge on any atom is -0.381 e. The van der Waals surface area contributed by atoms with Crippen molar-refractivity contribution >= 4 is 17.3 Å². The molecule has 1 saturated carbocycles. The van der Waals surface area contributed by atoms with Gasteiger partial charge in [-0.05, 0) is 32.1 Å². The smallest absolute Gasteiger partial charge is 0.191 e. The van der Waals surface area contributed by atoms with Crippen molar-refractivity contribution in [3.8, 4) is 0 Å². The lowest BCUT2D eigenvalue weighted by atomic mass is 10.4. The predicted octanol–water partition coefficient (Wildman–Crippen LogP) is 1.93. The summed E-state index contributed by atoms with van der Waals surface area (Å²) in [5.41, 5.74) is 2.96. The van der Waals surface area contributed by atoms with E-state index in [1.807, 2.05) is 12.4 Å². The summed E-state index contributed by atoms with van der Waals surface area (Å²) in [5, 5.41) is 6.60. The zero-order valence-electron chi connectivity index (χ0n) is 12.3. The molecule has 1 aromatic heterocycles. The molecule has 5 nitrogen and oxygen atoms in total. The Bertz CT molecular complexity index is 429. The Kier molecular flexibility index (Phi) is 6.26. The first-order chi connectivity index (χ1) is 9.79. The molecular weight excluding hydrogens is 272 g/mol. The summed E-state index contributed by atoms with van der Waals surface area (Å²) in [5.74, 6) is 1.68. The van der Waals surface area contributed by atoms with Crippen LogP contribution in [0.4, 0.5) is 0 Å². The van der Waals surface area contributed by atoms with Gasteiger partial charge in [0.15, 0.2) is 5.96 Å². The second-order valence-electron chi connectivity index (χ2n) is 5.09. The second-order valence-corrected chi connectivity index (χ2v) is 6.02. The molecule has 1 aromatic rings. The number of aryl methyl sites for hydroxylation is 1. The van der Waals surface area contributed by atoms with Crippen LogP contribution in [0.3, 0.4) is 0 Å². The Hall–Kier alpha value is -1.14. The lowest BCUT2D eigenvalue weighted by molar-refractivity contribution is 0.123. The molecule has 20 heavy (non-hydrogen) atoms. The molecule has 1 fully saturated rings. The number of thiazole rings is 1. The highest BCUT2D eigenvalue weighted by Gasteiger charge is 2.20. The van der Waals surface area contributed by atoms with E-state index in [4.69, 9.17) is 4.74 Å². The fraction of sp³-hybridized carbons (Fsp3) is 0.714. The summed E-state index contributed by atoms with van der Waals surface area (Å²) in [6.45, 7) is 5.45. The minimum atomic E-state index is 0.772. The first kappa shape index (κ1) is 15.3. The third kappa shape index (κ3) is 5.46. The van der Waals surface area contributed by atoms with Crippen LogP contribution in [0.1, 0.15) is 29.8 Å². The van der Waals surface area contributed by atoms with Crippen LogP contribution in [-0.2, 0) is 11.3 Å². The predicted molar refractivity (Wildman–Crippen MR) is 83.2 cm³/mol. The van der Waals surface area contributed by atoms with Gasteiger partial charge in [-0.1, -0.05) is 0 Å². The molecule has 0 aromatic carbocycles. The van der Waals surface area contributed by atoms with Gasteiger partial charge in [-0.2, -0.15) is 0 Å². The van der Waals surface area contributed by atoms with Crippen molar-refractivity contribution in [3.63, 3.8) is 0 Å². The third-order valence-electron chi connectivity index (χ3n) is 3.29. The Morgan fingerprint density at radius 2 is 2.35 bits per heavy atom. The van der Waals surface area contributed by atoms with Gasteiger partial charge in [0.2, 0.25) is 0 Å². The molecule has 2 N–H and O–H groups in total. The van der Waals surface area contributed by atoms with Crippen LogP contribution >= 0.6 is 11.3 Å². The number of nitrogens with one attached hydrogen (secondary N) is 2. The number of guanidine groups is 1. The maximum absolute atomic E-state index is 5.60. The standard InChI is InChI=1S/C14H24N4OS/c1-11-13(20-10-18-11)8-17-14(15-2)16-6-3-7-19-9-12-4-5-12/h10,12H,3-9H2,1-2H3,(H2,15,16,17). The number of rotatable bonds is 8. The molecule has 0 spiro atoms. The van der Waals surface area contributed by atoms with Crippen molar-refractivity contribution in [2.75, 3.05) is 26.8 Å². The molecular formula is C14H24N4OS. The first-order valence-corrected chi connectivity index (χ1v) is 8.08. The molecule has 1 aliphatic carbocycles. The van der Waals surface area contributed by atoms with Gasteiger partial charge in [0.25, 0.3) is 0 Å². The first-order valence-electron chi connectivity index (χ1n) is 7.21. The van der Waals surface area contributed by atoms with Crippen LogP contribution in [0.25, 0.3) is 0 Å². The number of aromatic nitrogens is 1. The SMILES string of the molecule is CN=C(NCCCOCC1CC1)NCc1scnc1C. The highest BCUT2D eigenvalue weighted by molar-refractivity contribution is 7.09. The Morgan fingerprint density at radius 1 is 1.50 bits per heavy atom. The summed E-state index contributed by atoms with van der Waals surface area (Å²) >= 11 is 1.67. The number of ether oxygens (including phenoxy) is 1. The molecule has 2 rings (SSSR count). The summed E-state index contributed by atoms with van der Waals surface area (Å²) in [6.07, 6.45) is 3.71. The normalized spacial score (nSPS) is 15.4. The van der Waals surface area contributed by atoms with Gasteiger partial charge < -0.3 is 15.4 Å². The van der Waals surface area contributed by atoms with Crippen molar-refractivity contribution in [1.82, 2.24) is 15.6 Å². The average molecular weight is 296 g/mol. The van der Waals surface area contributed by atoms with Crippen LogP contribution in [0, 0.1) is 12.8 Å². The van der Waals surface area contributed by atoms with Crippen LogP contribution in [-0.4, -0.2) is 37.7 Å². The number of hydrogen-bond acceptors (Lipinski definition) is 4. The summed E-state index contributed by atoms with van der Waals surface area (Å²) in [7, 11) is 1.79. The van der Waals surface area contributed by atoms with Gasteiger partial charge in [0, 0.05) is 31.7 Å². The molecule has 0 saturated heterocycles. The van der Waals surface area contributed by atoms with E-state index in [9.17, 15) is 0 Å². The molecule has 1 heterocycles. The van der Waals surface area contributed by atoms with Gasteiger partial charge in [0.1, 0.15) is 0 Å². The zero-order valence-corrected chi connectivity index (χ0v) is 13.1. The number of nitrogens with zero attached hydrogens (tertiary/aromatic N) is 2. The molecule has 0 unspecified atom stereocenters. The van der Waals surface area contributed by atoms with E-state index >= 15 is 0 Å². The van der Waals surface area contributed by atoms with Gasteiger partial charge in [0.05, 0.1) is 17.7 Å². The van der Waals surface area contributed by atoms with Crippen LogP contribution in [0.15, 0.2) is 10.5 Å². The highest BCUT2D eigenvalue weighted by Crippen LogP contribution is 2.28. The minimum absolute atomic E-state index is 0.772. The lowest BCUT2D eigenvalue weighted by Crippen LogP contribution is -2.37. The lowest BCUT2D eigenvalue weighted by Gasteiger charge is -2.11. The van der Waals surface area contributed by atoms with Crippen molar-refractivity contribution in [1.29, 1.82) is 0 Å². The number of hydrogen-bond donors (Lipinski definition) is 2. The fourth-order valence-electron chi connectivity index (χ4n) is 1.80. The molecule has 0 bridgehead atoms. The summed E-state index contributed by atoms with van der Waals surface area (Å²) in [6, 6.07) is 0. The van der Waals surface area contributed by atoms with E-state index in [2.05, 4.69) is 20.6 Å². The van der Waals surface area contributed by atoms with E-state index in [0.29, 0.717) is 0 Å². The van der Waals surface area contributed by atoms with Crippen molar-refractivity contribution < 1.29 is 4.74 Å². The average Bonchev–Trinajstić information content (AvgIpc) is 3.19. The molecule has 6 heteroatoms. The van der Waals surface area contributed by atoms with Crippen LogP contribution in [0.5, 0.6) is 0 Å². The van der Waals surface area contributed by atoms with Crippen LogP contribution < -0.4 is 10.6 Å². The third-order valence-corrected chi connectivity index (χ3v) is 4.23. The summed E-state index contributed by atoms with van der Waals surface area (Å²) in [4.78, 5) is 9.70. The molecule has 0 aliphatic heterocycles. The van der Waals surface area contributed by atoms with E-state index in [1.165, 1.54) is 17.7 Å². The van der Waals surface area contributed by atoms with Gasteiger partial charge >= 0.3 is 0 Å². The topological polar surface area (TPSA) is 58.5 Å². The molecule has 1 aliphatic rings. The Morgan fingerprint density at radius 3 is 3.00 bits per heavy atom. The van der Waals surface area contributed by atoms with Crippen LogP contribution in [0.2, 0.25) is 0 Å². The number of aliphatic imine (C=N–C) groups is 1. The quantitative estimate of drug-likeness (QED) is 0.437. The summed E-state index contributed by atoms with van der Waals surface area (Å²) < 4.78 is 5.60. The maximum atomic E-state index is 5.60. The molecule has 0 radical (unpaired) electrons. The van der Waals surface area contributed by atoms with Crippen molar-refractivity contribution in [2.24, 2.45) is 10.9 Å². The fourth-order valence-corrected chi connectivity index (χ4v) is 2.51. The Balaban J connectivity index is 1.54. The monoisotopic (exact) mass is 296 g/mol. The molecule has 0 atom stereocenters. The highest BCUT2D eigenvalue weighted by atomic mass is 32.1. The van der Waals surface area contributed by atoms with Gasteiger partial charge in [-0.15, -0.1) is 11.3 Å². The van der Waals surface area contributed by atoms with E-state index in [1.54, 1.807) is 18.4 Å². The van der Waals surface area contributed by atoms with Gasteiger partial charge in [-0.3, -0.25) is 4.99 Å². The van der Waals surface area contributed by atoms with Gasteiger partial charge in [-0.25, -0.2) is 4.98 Å². The zero-order chi connectivity index (χ0) is 14.2. The van der Waals surface area contributed by atoms with Crippen molar-refractivity contribution in [3.05, 3.63) is 16.1 Å². The maximum Gasteiger partial charge on any atom is 0.191 e. The van der Waals surface area contributed by atoms with E-state index in [-0.39, 0.29) is 0 Å².